The molecule has 1 aromatic heterocycles. The van der Waals surface area contributed by atoms with Gasteiger partial charge < -0.3 is 29.6 Å². The van der Waals surface area contributed by atoms with Crippen LogP contribution < -0.4 is 20.1 Å². The monoisotopic (exact) mass is 576 g/mol. The van der Waals surface area contributed by atoms with Crippen molar-refractivity contribution >= 4 is 35.9 Å². The van der Waals surface area contributed by atoms with Crippen LogP contribution in [-0.4, -0.2) is 64.1 Å². The molecule has 2 heterocycles. The first-order chi connectivity index (χ1) is 16.4. The van der Waals surface area contributed by atoms with E-state index in [-0.39, 0.29) is 16.0 Å². The Morgan fingerprint density at radius 2 is 2.14 bits per heavy atom. The fourth-order valence-corrected chi connectivity index (χ4v) is 4.77. The average Bonchev–Trinajstić information content (AvgIpc) is 3.02. The highest BCUT2D eigenvalue weighted by molar-refractivity contribution is 9.10. The minimum atomic E-state index is -4.17. The number of halogens is 2. The maximum atomic E-state index is 15.4. The highest BCUT2D eigenvalue weighted by Gasteiger charge is 2.56. The smallest absolute Gasteiger partial charge is 0.442 e. The molecule has 0 spiro atoms. The van der Waals surface area contributed by atoms with Gasteiger partial charge in [-0.1, -0.05) is 18.2 Å². The van der Waals surface area contributed by atoms with E-state index >= 15 is 4.39 Å². The first-order valence-electron chi connectivity index (χ1n) is 10.2. The van der Waals surface area contributed by atoms with Crippen molar-refractivity contribution in [1.82, 2.24) is 15.1 Å². The molecule has 35 heavy (non-hydrogen) atoms. The van der Waals surface area contributed by atoms with Gasteiger partial charge in [0.05, 0.1) is 18.8 Å². The third-order valence-corrected chi connectivity index (χ3v) is 6.84. The first-order valence-corrected chi connectivity index (χ1v) is 12.5. The highest BCUT2D eigenvalue weighted by Crippen LogP contribution is 2.46. The molecule has 3 rings (SSSR count). The van der Waals surface area contributed by atoms with Crippen molar-refractivity contribution in [3.63, 3.8) is 0 Å². The Balaban J connectivity index is 1.75. The fraction of sp³-hybridized carbons (Fsp3) is 0.400. The molecule has 1 aliphatic heterocycles. The summed E-state index contributed by atoms with van der Waals surface area (Å²) in [5.74, 6) is -1.22. The predicted molar refractivity (Wildman–Crippen MR) is 122 cm³/mol. The Hall–Kier alpha value is -2.48. The average molecular weight is 577 g/mol. The molecule has 0 saturated carbocycles. The van der Waals surface area contributed by atoms with Crippen LogP contribution in [0.4, 0.5) is 4.39 Å². The molecule has 2 aromatic rings. The van der Waals surface area contributed by atoms with E-state index in [1.165, 1.54) is 25.3 Å². The summed E-state index contributed by atoms with van der Waals surface area (Å²) in [5.41, 5.74) is 2.37. The molecule has 1 aromatic carbocycles. The number of aliphatic hydroxyl groups is 1. The number of primary amides is 1. The van der Waals surface area contributed by atoms with Crippen LogP contribution in [-0.2, 0) is 18.6 Å². The van der Waals surface area contributed by atoms with Gasteiger partial charge in [0, 0.05) is 0 Å². The molecule has 0 aliphatic carbocycles. The Labute approximate surface area is 208 Å². The molecule has 15 heteroatoms. The summed E-state index contributed by atoms with van der Waals surface area (Å²) in [4.78, 5) is 30.4. The second-order valence-corrected chi connectivity index (χ2v) is 10.2. The van der Waals surface area contributed by atoms with E-state index in [0.29, 0.717) is 6.29 Å². The van der Waals surface area contributed by atoms with Gasteiger partial charge in [-0.3, -0.25) is 9.32 Å². The molecule has 1 aliphatic rings. The number of carbonyl (C=O) groups is 2. The van der Waals surface area contributed by atoms with E-state index in [0.717, 1.165) is 6.92 Å². The standard InChI is InChI=1S/C20H23BrFN4O8P/c1-11(9-27)26-35(30,34-12-6-4-3-5-7-12)31-10-13-16(28)20(2,22)19(32-13)33-18-15(17(23)29)25-14(21)8-24-18/h3-9,11,13,16,19,28H,10H2,1-2H3,(H2,23,29)(H,26,30)/t11?,13-,16-,19+,20-,35?/m1/s1. The van der Waals surface area contributed by atoms with Crippen molar-refractivity contribution < 1.29 is 42.2 Å². The van der Waals surface area contributed by atoms with Crippen LogP contribution >= 0.6 is 23.7 Å². The quantitative estimate of drug-likeness (QED) is 0.263. The van der Waals surface area contributed by atoms with Crippen molar-refractivity contribution in [2.75, 3.05) is 6.61 Å². The zero-order valence-electron chi connectivity index (χ0n) is 18.5. The van der Waals surface area contributed by atoms with E-state index in [1.54, 1.807) is 18.2 Å². The van der Waals surface area contributed by atoms with Crippen molar-refractivity contribution in [2.45, 2.75) is 44.1 Å². The molecular weight excluding hydrogens is 554 g/mol. The molecule has 2 unspecified atom stereocenters. The van der Waals surface area contributed by atoms with Crippen LogP contribution in [0.5, 0.6) is 11.6 Å². The number of rotatable bonds is 11. The van der Waals surface area contributed by atoms with Gasteiger partial charge in [0.25, 0.3) is 5.91 Å². The topological polar surface area (TPSA) is 172 Å². The summed E-state index contributed by atoms with van der Waals surface area (Å²) in [6, 6.07) is 7.10. The Kier molecular flexibility index (Phi) is 8.57. The van der Waals surface area contributed by atoms with Crippen LogP contribution in [0, 0.1) is 0 Å². The number of carbonyl (C=O) groups excluding carboxylic acids is 2. The number of benzene rings is 1. The van der Waals surface area contributed by atoms with Gasteiger partial charge in [0.1, 0.15) is 28.8 Å². The summed E-state index contributed by atoms with van der Waals surface area (Å²) in [7, 11) is -4.17. The summed E-state index contributed by atoms with van der Waals surface area (Å²) in [6.45, 7) is 1.82. The van der Waals surface area contributed by atoms with Crippen LogP contribution in [0.25, 0.3) is 0 Å². The maximum Gasteiger partial charge on any atom is 0.459 e. The Morgan fingerprint density at radius 3 is 2.77 bits per heavy atom. The molecule has 6 atom stereocenters. The van der Waals surface area contributed by atoms with Gasteiger partial charge in [0.2, 0.25) is 12.2 Å². The molecule has 1 saturated heterocycles. The van der Waals surface area contributed by atoms with Crippen molar-refractivity contribution in [2.24, 2.45) is 5.73 Å². The number of aliphatic hydroxyl groups excluding tert-OH is 1. The number of aldehydes is 1. The zero-order chi connectivity index (χ0) is 25.8. The van der Waals surface area contributed by atoms with Crippen LogP contribution in [0.3, 0.4) is 0 Å². The summed E-state index contributed by atoms with van der Waals surface area (Å²) in [6.07, 6.45) is -3.25. The third kappa shape index (κ3) is 6.60. The largest absolute Gasteiger partial charge is 0.459 e. The second-order valence-electron chi connectivity index (χ2n) is 7.68. The van der Waals surface area contributed by atoms with E-state index in [9.17, 15) is 19.3 Å². The minimum Gasteiger partial charge on any atom is -0.442 e. The molecule has 1 fully saturated rings. The van der Waals surface area contributed by atoms with Crippen molar-refractivity contribution in [3.05, 3.63) is 46.8 Å². The molecular formula is C20H23BrFN4O8P. The predicted octanol–water partition coefficient (Wildman–Crippen LogP) is 1.91. The lowest BCUT2D eigenvalue weighted by atomic mass is 10.00. The van der Waals surface area contributed by atoms with Crippen LogP contribution in [0.1, 0.15) is 24.3 Å². The van der Waals surface area contributed by atoms with Crippen LogP contribution in [0.15, 0.2) is 41.1 Å². The summed E-state index contributed by atoms with van der Waals surface area (Å²) >= 11 is 3.04. The SMILES string of the molecule is CC(C=O)NP(=O)(OC[C@H]1O[C@@H](Oc2ncc(Br)nc2C(N)=O)[C@](C)(F)[C@@H]1O)Oc1ccccc1. The number of aromatic nitrogens is 2. The van der Waals surface area contributed by atoms with Gasteiger partial charge in [-0.05, 0) is 41.9 Å². The van der Waals surface area contributed by atoms with E-state index < -0.39 is 56.3 Å². The number of nitrogens with one attached hydrogen (secondary N) is 1. The number of para-hydroxylation sites is 1. The molecule has 190 valence electrons. The number of hydrogen-bond acceptors (Lipinski definition) is 10. The molecule has 1 amide bonds. The number of ether oxygens (including phenoxy) is 2. The van der Waals surface area contributed by atoms with Crippen molar-refractivity contribution in [3.8, 4) is 11.6 Å². The Bertz CT molecular complexity index is 1110. The van der Waals surface area contributed by atoms with Gasteiger partial charge in [0.15, 0.2) is 11.4 Å². The van der Waals surface area contributed by atoms with Gasteiger partial charge >= 0.3 is 7.75 Å². The zero-order valence-corrected chi connectivity index (χ0v) is 21.0. The second kappa shape index (κ2) is 11.1. The van der Waals surface area contributed by atoms with E-state index in [4.69, 9.17) is 24.3 Å². The maximum absolute atomic E-state index is 15.4. The number of nitrogens with two attached hydrogens (primary N) is 1. The van der Waals surface area contributed by atoms with Gasteiger partial charge in [-0.2, -0.15) is 0 Å². The summed E-state index contributed by atoms with van der Waals surface area (Å²) < 4.78 is 50.4. The highest BCUT2D eigenvalue weighted by atomic mass is 79.9. The molecule has 0 radical (unpaired) electrons. The lowest BCUT2D eigenvalue weighted by molar-refractivity contribution is -0.127. The number of nitrogens with zero attached hydrogens (tertiary/aromatic N) is 2. The number of alkyl halides is 1. The Morgan fingerprint density at radius 1 is 1.46 bits per heavy atom. The lowest BCUT2D eigenvalue weighted by Crippen LogP contribution is -2.44. The number of amides is 1. The minimum absolute atomic E-state index is 0.179. The fourth-order valence-electron chi connectivity index (χ4n) is 3.01. The normalized spacial score (nSPS) is 26.5. The van der Waals surface area contributed by atoms with Crippen LogP contribution in [0.2, 0.25) is 0 Å². The number of hydrogen-bond donors (Lipinski definition) is 3. The molecule has 12 nitrogen and oxygen atoms in total. The lowest BCUT2D eigenvalue weighted by Gasteiger charge is -2.24. The van der Waals surface area contributed by atoms with Gasteiger partial charge in [-0.15, -0.1) is 0 Å². The third-order valence-electron chi connectivity index (χ3n) is 4.79. The van der Waals surface area contributed by atoms with E-state index in [1.807, 2.05) is 0 Å². The summed E-state index contributed by atoms with van der Waals surface area (Å²) in [5, 5.41) is 12.9. The molecule has 0 bridgehead atoms. The van der Waals surface area contributed by atoms with Crippen molar-refractivity contribution in [1.29, 1.82) is 0 Å². The first kappa shape index (κ1) is 27.1. The van der Waals surface area contributed by atoms with E-state index in [2.05, 4.69) is 31.0 Å². The van der Waals surface area contributed by atoms with Gasteiger partial charge in [-0.25, -0.2) is 24.0 Å². The molecule has 4 N–H and O–H groups in total.